The Morgan fingerprint density at radius 2 is 2.11 bits per heavy atom. The fourth-order valence-electron chi connectivity index (χ4n) is 1.91. The molecule has 1 aliphatic rings. The lowest BCUT2D eigenvalue weighted by Crippen LogP contribution is -2.29. The Kier molecular flexibility index (Phi) is 3.82. The first-order valence-electron chi connectivity index (χ1n) is 5.53. The number of halogens is 1. The number of aliphatic hydroxyl groups is 1. The van der Waals surface area contributed by atoms with E-state index in [-0.39, 0.29) is 28.6 Å². The van der Waals surface area contributed by atoms with Gasteiger partial charge in [-0.25, -0.2) is 13.2 Å². The number of rotatable bonds is 3. The molecule has 1 atom stereocenters. The first kappa shape index (κ1) is 14.3. The predicted molar refractivity (Wildman–Crippen MR) is 67.8 cm³/mol. The molecule has 0 amide bonds. The summed E-state index contributed by atoms with van der Waals surface area (Å²) >= 11 is 5.69. The van der Waals surface area contributed by atoms with E-state index in [1.807, 2.05) is 0 Å². The third-order valence-corrected chi connectivity index (χ3v) is 5.12. The van der Waals surface area contributed by atoms with Gasteiger partial charge in [0.05, 0.1) is 21.6 Å². The van der Waals surface area contributed by atoms with Crippen LogP contribution in [0, 0.1) is 0 Å². The number of sulfonamides is 1. The minimum atomic E-state index is -3.79. The van der Waals surface area contributed by atoms with Gasteiger partial charge in [0.2, 0.25) is 10.0 Å². The number of benzene rings is 1. The second kappa shape index (κ2) is 5.09. The summed E-state index contributed by atoms with van der Waals surface area (Å²) in [7, 11) is -3.79. The van der Waals surface area contributed by atoms with Gasteiger partial charge < -0.3 is 10.2 Å². The Morgan fingerprint density at radius 1 is 1.42 bits per heavy atom. The summed E-state index contributed by atoms with van der Waals surface area (Å²) in [5.74, 6) is -1.29. The molecule has 1 unspecified atom stereocenters. The van der Waals surface area contributed by atoms with Crippen molar-refractivity contribution in [3.8, 4) is 0 Å². The summed E-state index contributed by atoms with van der Waals surface area (Å²) in [6.07, 6.45) is -0.306. The Labute approximate surface area is 115 Å². The summed E-state index contributed by atoms with van der Waals surface area (Å²) in [5.41, 5.74) is -0.262. The van der Waals surface area contributed by atoms with Gasteiger partial charge in [0.15, 0.2) is 0 Å². The summed E-state index contributed by atoms with van der Waals surface area (Å²) in [6, 6.07) is 3.53. The number of carbonyl (C=O) groups is 1. The highest BCUT2D eigenvalue weighted by Gasteiger charge is 2.32. The molecule has 8 heteroatoms. The van der Waals surface area contributed by atoms with Crippen LogP contribution in [0.25, 0.3) is 0 Å². The highest BCUT2D eigenvalue weighted by Crippen LogP contribution is 2.25. The molecule has 1 aromatic carbocycles. The highest BCUT2D eigenvalue weighted by atomic mass is 35.5. The van der Waals surface area contributed by atoms with E-state index in [0.717, 1.165) is 10.4 Å². The minimum absolute atomic E-state index is 0.0205. The number of hydrogen-bond acceptors (Lipinski definition) is 4. The number of hydrogen-bond donors (Lipinski definition) is 2. The fraction of sp³-hybridized carbons (Fsp3) is 0.364. The Morgan fingerprint density at radius 3 is 2.63 bits per heavy atom. The molecule has 2 rings (SSSR count). The van der Waals surface area contributed by atoms with Gasteiger partial charge in [0.25, 0.3) is 0 Å². The number of aromatic carboxylic acids is 1. The van der Waals surface area contributed by atoms with E-state index in [2.05, 4.69) is 0 Å². The molecule has 1 aromatic rings. The van der Waals surface area contributed by atoms with E-state index in [1.54, 1.807) is 0 Å². The van der Waals surface area contributed by atoms with Gasteiger partial charge in [-0.1, -0.05) is 11.6 Å². The summed E-state index contributed by atoms with van der Waals surface area (Å²) < 4.78 is 25.6. The largest absolute Gasteiger partial charge is 0.478 e. The minimum Gasteiger partial charge on any atom is -0.478 e. The van der Waals surface area contributed by atoms with Crippen LogP contribution in [0.4, 0.5) is 0 Å². The lowest BCUT2D eigenvalue weighted by Gasteiger charge is -2.16. The molecule has 1 heterocycles. The van der Waals surface area contributed by atoms with Crippen LogP contribution in [0.5, 0.6) is 0 Å². The van der Waals surface area contributed by atoms with E-state index in [9.17, 15) is 18.3 Å². The highest BCUT2D eigenvalue weighted by molar-refractivity contribution is 7.89. The molecule has 2 N–H and O–H groups in total. The zero-order chi connectivity index (χ0) is 14.2. The number of β-amino-alcohol motifs (C(OH)–C–C–N with tert-alkyl or cyclic N) is 1. The molecule has 1 fully saturated rings. The van der Waals surface area contributed by atoms with Crippen LogP contribution in [0.15, 0.2) is 23.1 Å². The molecule has 0 saturated carbocycles. The van der Waals surface area contributed by atoms with Crippen molar-refractivity contribution in [3.05, 3.63) is 28.8 Å². The van der Waals surface area contributed by atoms with Crippen molar-refractivity contribution in [2.24, 2.45) is 0 Å². The average Bonchev–Trinajstić information content (AvgIpc) is 2.76. The molecular weight excluding hydrogens is 294 g/mol. The molecule has 0 spiro atoms. The number of aliphatic hydroxyl groups excluding tert-OH is 1. The van der Waals surface area contributed by atoms with Crippen LogP contribution in [0.3, 0.4) is 0 Å². The lowest BCUT2D eigenvalue weighted by atomic mass is 10.2. The van der Waals surface area contributed by atoms with Crippen molar-refractivity contribution in [2.75, 3.05) is 13.1 Å². The molecular formula is C11H12ClNO5S. The lowest BCUT2D eigenvalue weighted by molar-refractivity contribution is 0.0697. The standard InChI is InChI=1S/C11H12ClNO5S/c12-10-2-1-8(5-9(10)11(15)16)19(17,18)13-4-3-7(14)6-13/h1-2,5,7,14H,3-4,6H2,(H,15,16). The molecule has 0 radical (unpaired) electrons. The average molecular weight is 306 g/mol. The van der Waals surface area contributed by atoms with Gasteiger partial charge in [-0.2, -0.15) is 4.31 Å². The first-order valence-corrected chi connectivity index (χ1v) is 7.35. The Balaban J connectivity index is 2.41. The zero-order valence-electron chi connectivity index (χ0n) is 9.78. The van der Waals surface area contributed by atoms with Gasteiger partial charge >= 0.3 is 5.97 Å². The van der Waals surface area contributed by atoms with Gasteiger partial charge in [0.1, 0.15) is 0 Å². The molecule has 6 nitrogen and oxygen atoms in total. The smallest absolute Gasteiger partial charge is 0.337 e. The van der Waals surface area contributed by atoms with Crippen molar-refractivity contribution in [3.63, 3.8) is 0 Å². The van der Waals surface area contributed by atoms with Crippen molar-refractivity contribution in [2.45, 2.75) is 17.4 Å². The Hall–Kier alpha value is -1.15. The van der Waals surface area contributed by atoms with Crippen LogP contribution < -0.4 is 0 Å². The topological polar surface area (TPSA) is 94.9 Å². The number of carboxylic acid groups (broad SMARTS) is 1. The Bertz CT molecular complexity index is 616. The third-order valence-electron chi connectivity index (χ3n) is 2.93. The van der Waals surface area contributed by atoms with Crippen molar-refractivity contribution in [1.82, 2.24) is 4.31 Å². The normalized spacial score (nSPS) is 20.6. The summed E-state index contributed by atoms with van der Waals surface area (Å²) in [6.45, 7) is 0.238. The molecule has 0 aliphatic carbocycles. The third kappa shape index (κ3) is 2.74. The summed E-state index contributed by atoms with van der Waals surface area (Å²) in [5, 5.41) is 18.3. The van der Waals surface area contributed by atoms with Gasteiger partial charge in [0, 0.05) is 13.1 Å². The molecule has 0 aromatic heterocycles. The maximum Gasteiger partial charge on any atom is 0.337 e. The van der Waals surface area contributed by atoms with Gasteiger partial charge in [-0.15, -0.1) is 0 Å². The quantitative estimate of drug-likeness (QED) is 0.861. The maximum atomic E-state index is 12.2. The van der Waals surface area contributed by atoms with Crippen LogP contribution in [0.2, 0.25) is 5.02 Å². The summed E-state index contributed by atoms with van der Waals surface area (Å²) in [4.78, 5) is 10.8. The number of nitrogens with zero attached hydrogens (tertiary/aromatic N) is 1. The SMILES string of the molecule is O=C(O)c1cc(S(=O)(=O)N2CCC(O)C2)ccc1Cl. The van der Waals surface area contributed by atoms with Gasteiger partial charge in [-0.05, 0) is 24.6 Å². The van der Waals surface area contributed by atoms with Crippen molar-refractivity contribution >= 4 is 27.6 Å². The maximum absolute atomic E-state index is 12.2. The van der Waals surface area contributed by atoms with Crippen LogP contribution in [-0.4, -0.2) is 48.1 Å². The van der Waals surface area contributed by atoms with Crippen molar-refractivity contribution < 1.29 is 23.4 Å². The second-order valence-electron chi connectivity index (χ2n) is 4.25. The molecule has 1 aliphatic heterocycles. The molecule has 19 heavy (non-hydrogen) atoms. The van der Waals surface area contributed by atoms with Crippen molar-refractivity contribution in [1.29, 1.82) is 0 Å². The zero-order valence-corrected chi connectivity index (χ0v) is 11.4. The van der Waals surface area contributed by atoms with E-state index in [1.165, 1.54) is 12.1 Å². The van der Waals surface area contributed by atoms with E-state index in [4.69, 9.17) is 16.7 Å². The predicted octanol–water partition coefficient (Wildman–Crippen LogP) is 0.793. The van der Waals surface area contributed by atoms with Gasteiger partial charge in [-0.3, -0.25) is 0 Å². The molecule has 1 saturated heterocycles. The monoisotopic (exact) mass is 305 g/mol. The van der Waals surface area contributed by atoms with E-state index >= 15 is 0 Å². The fourth-order valence-corrected chi connectivity index (χ4v) is 3.62. The molecule has 104 valence electrons. The first-order chi connectivity index (χ1) is 8.82. The van der Waals surface area contributed by atoms with Crippen LogP contribution >= 0.6 is 11.6 Å². The van der Waals surface area contributed by atoms with Crippen LogP contribution in [0.1, 0.15) is 16.8 Å². The van der Waals surface area contributed by atoms with Crippen LogP contribution in [-0.2, 0) is 10.0 Å². The van der Waals surface area contributed by atoms with E-state index < -0.39 is 22.1 Å². The van der Waals surface area contributed by atoms with E-state index in [0.29, 0.717) is 6.42 Å². The second-order valence-corrected chi connectivity index (χ2v) is 6.60. The number of carboxylic acids is 1. The molecule has 0 bridgehead atoms.